The van der Waals surface area contributed by atoms with Gasteiger partial charge in [-0.1, -0.05) is 43.3 Å². The minimum Gasteiger partial charge on any atom is -0.339 e. The van der Waals surface area contributed by atoms with E-state index in [4.69, 9.17) is 0 Å². The normalized spacial score (nSPS) is 15.4. The molecule has 1 aliphatic heterocycles. The maximum atomic E-state index is 12.7. The number of carbonyl (C=O) groups is 1. The molecule has 1 amide bonds. The monoisotopic (exact) mass is 436 g/mol. The highest BCUT2D eigenvalue weighted by Crippen LogP contribution is 2.18. The second-order valence-electron chi connectivity index (χ2n) is 6.68. The van der Waals surface area contributed by atoms with Crippen molar-refractivity contribution in [2.24, 2.45) is 0 Å². The Morgan fingerprint density at radius 1 is 1.17 bits per heavy atom. The van der Waals surface area contributed by atoms with Crippen LogP contribution in [0, 0.1) is 0 Å². The van der Waals surface area contributed by atoms with Crippen molar-refractivity contribution in [1.82, 2.24) is 19.2 Å². The maximum Gasteiger partial charge on any atom is 0.251 e. The number of hydrogen-bond donors (Lipinski definition) is 1. The molecule has 0 unspecified atom stereocenters. The van der Waals surface area contributed by atoms with Gasteiger partial charge < -0.3 is 9.88 Å². The van der Waals surface area contributed by atoms with E-state index in [1.54, 1.807) is 35.2 Å². The van der Waals surface area contributed by atoms with Gasteiger partial charge in [0.25, 0.3) is 5.56 Å². The van der Waals surface area contributed by atoms with Crippen LogP contribution in [0.5, 0.6) is 0 Å². The first-order valence-corrected chi connectivity index (χ1v) is 11.9. The highest BCUT2D eigenvalue weighted by atomic mass is 32.2. The highest BCUT2D eigenvalue weighted by molar-refractivity contribution is 7.99. The number of rotatable bonds is 7. The summed E-state index contributed by atoms with van der Waals surface area (Å²) >= 11 is 1.19. The quantitative estimate of drug-likeness (QED) is 0.519. The number of piperazine rings is 1. The summed E-state index contributed by atoms with van der Waals surface area (Å²) in [6.07, 6.45) is 1.60. The molecule has 1 fully saturated rings. The number of hydrogen-bond acceptors (Lipinski definition) is 6. The summed E-state index contributed by atoms with van der Waals surface area (Å²) in [6, 6.07) is 9.78. The first kappa shape index (κ1) is 21.5. The van der Waals surface area contributed by atoms with Crippen LogP contribution in [0.25, 0.3) is 0 Å². The van der Waals surface area contributed by atoms with E-state index >= 15 is 0 Å². The van der Waals surface area contributed by atoms with Crippen LogP contribution < -0.4 is 5.56 Å². The molecule has 1 aromatic heterocycles. The standard InChI is InChI=1S/C19H24N4O4S2/c1-2-6-15-13-17(24)21-19(20-15)28-14-18(25)22-9-11-23(12-10-22)29(26,27)16-7-4-3-5-8-16/h3-5,7-8,13H,2,6,9-12,14H2,1H3,(H,20,21,24). The first-order chi connectivity index (χ1) is 13.9. The fourth-order valence-corrected chi connectivity index (χ4v) is 5.32. The number of sulfonamides is 1. The first-order valence-electron chi connectivity index (χ1n) is 9.46. The number of carbonyl (C=O) groups excluding carboxylic acids is 1. The molecule has 0 spiro atoms. The van der Waals surface area contributed by atoms with Crippen LogP contribution in [0.1, 0.15) is 19.0 Å². The smallest absolute Gasteiger partial charge is 0.251 e. The molecule has 2 heterocycles. The molecule has 2 aromatic rings. The van der Waals surface area contributed by atoms with Crippen LogP contribution >= 0.6 is 11.8 Å². The summed E-state index contributed by atoms with van der Waals surface area (Å²) in [5, 5.41) is 0.430. The molecular formula is C19H24N4O4S2. The molecule has 29 heavy (non-hydrogen) atoms. The molecular weight excluding hydrogens is 412 g/mol. The van der Waals surface area contributed by atoms with E-state index < -0.39 is 10.0 Å². The minimum atomic E-state index is -3.54. The molecule has 1 N–H and O–H groups in total. The molecule has 1 aliphatic rings. The Morgan fingerprint density at radius 3 is 2.52 bits per heavy atom. The SMILES string of the molecule is CCCc1cc(=O)[nH]c(SCC(=O)N2CCN(S(=O)(=O)c3ccccc3)CC2)n1. The molecule has 10 heteroatoms. The van der Waals surface area contributed by atoms with Crippen LogP contribution in [0.4, 0.5) is 0 Å². The van der Waals surface area contributed by atoms with Crippen molar-refractivity contribution < 1.29 is 13.2 Å². The number of aromatic nitrogens is 2. The number of amides is 1. The zero-order valence-corrected chi connectivity index (χ0v) is 17.8. The molecule has 3 rings (SSSR count). The van der Waals surface area contributed by atoms with Gasteiger partial charge in [-0.15, -0.1) is 0 Å². The van der Waals surface area contributed by atoms with E-state index in [1.165, 1.54) is 22.1 Å². The van der Waals surface area contributed by atoms with Gasteiger partial charge in [0.1, 0.15) is 0 Å². The number of aromatic amines is 1. The van der Waals surface area contributed by atoms with Crippen molar-refractivity contribution >= 4 is 27.7 Å². The van der Waals surface area contributed by atoms with Crippen molar-refractivity contribution in [3.63, 3.8) is 0 Å². The Balaban J connectivity index is 1.55. The predicted molar refractivity (Wildman–Crippen MR) is 111 cm³/mol. The van der Waals surface area contributed by atoms with E-state index in [1.807, 2.05) is 6.92 Å². The van der Waals surface area contributed by atoms with Gasteiger partial charge in [0.15, 0.2) is 5.16 Å². The third-order valence-electron chi connectivity index (χ3n) is 4.58. The molecule has 156 valence electrons. The van der Waals surface area contributed by atoms with Crippen molar-refractivity contribution in [3.8, 4) is 0 Å². The van der Waals surface area contributed by atoms with Crippen molar-refractivity contribution in [2.45, 2.75) is 29.8 Å². The zero-order chi connectivity index (χ0) is 20.9. The van der Waals surface area contributed by atoms with Gasteiger partial charge in [-0.25, -0.2) is 13.4 Å². The lowest BCUT2D eigenvalue weighted by Gasteiger charge is -2.34. The van der Waals surface area contributed by atoms with Gasteiger partial charge in [0, 0.05) is 37.9 Å². The number of nitrogens with one attached hydrogen (secondary N) is 1. The third-order valence-corrected chi connectivity index (χ3v) is 7.35. The summed E-state index contributed by atoms with van der Waals surface area (Å²) in [4.78, 5) is 33.2. The van der Waals surface area contributed by atoms with E-state index in [2.05, 4.69) is 9.97 Å². The van der Waals surface area contributed by atoms with Crippen molar-refractivity contribution in [3.05, 3.63) is 52.4 Å². The van der Waals surface area contributed by atoms with Crippen LogP contribution in [-0.4, -0.2) is 65.4 Å². The summed E-state index contributed by atoms with van der Waals surface area (Å²) in [5.74, 6) is 0.0412. The van der Waals surface area contributed by atoms with Gasteiger partial charge >= 0.3 is 0 Å². The van der Waals surface area contributed by atoms with Gasteiger partial charge in [0.2, 0.25) is 15.9 Å². The van der Waals surface area contributed by atoms with Crippen LogP contribution in [0.2, 0.25) is 0 Å². The summed E-state index contributed by atoms with van der Waals surface area (Å²) in [7, 11) is -3.54. The molecule has 0 atom stereocenters. The Hall–Kier alpha value is -2.17. The van der Waals surface area contributed by atoms with Crippen molar-refractivity contribution in [2.75, 3.05) is 31.9 Å². The number of nitrogens with zero attached hydrogens (tertiary/aromatic N) is 3. The van der Waals surface area contributed by atoms with E-state index in [-0.39, 0.29) is 35.2 Å². The van der Waals surface area contributed by atoms with E-state index in [0.29, 0.717) is 30.4 Å². The number of thioether (sulfide) groups is 1. The fourth-order valence-electron chi connectivity index (χ4n) is 3.08. The Labute approximate surface area is 174 Å². The molecule has 1 aromatic carbocycles. The average Bonchev–Trinajstić information content (AvgIpc) is 2.72. The second kappa shape index (κ2) is 9.55. The van der Waals surface area contributed by atoms with E-state index in [0.717, 1.165) is 6.42 Å². The lowest BCUT2D eigenvalue weighted by molar-refractivity contribution is -0.129. The maximum absolute atomic E-state index is 12.7. The lowest BCUT2D eigenvalue weighted by atomic mass is 10.2. The van der Waals surface area contributed by atoms with Crippen molar-refractivity contribution in [1.29, 1.82) is 0 Å². The Bertz CT molecular complexity index is 1000. The van der Waals surface area contributed by atoms with Gasteiger partial charge in [-0.3, -0.25) is 9.59 Å². The van der Waals surface area contributed by atoms with Gasteiger partial charge in [-0.05, 0) is 18.6 Å². The third kappa shape index (κ3) is 5.46. The van der Waals surface area contributed by atoms with Crippen LogP contribution in [0.3, 0.4) is 0 Å². The molecule has 8 nitrogen and oxygen atoms in total. The van der Waals surface area contributed by atoms with E-state index in [9.17, 15) is 18.0 Å². The fraction of sp³-hybridized carbons (Fsp3) is 0.421. The zero-order valence-electron chi connectivity index (χ0n) is 16.2. The Morgan fingerprint density at radius 2 is 1.86 bits per heavy atom. The largest absolute Gasteiger partial charge is 0.339 e. The molecule has 0 saturated carbocycles. The average molecular weight is 437 g/mol. The Kier molecular flexibility index (Phi) is 7.09. The number of aryl methyl sites for hydroxylation is 1. The number of benzene rings is 1. The number of H-pyrrole nitrogens is 1. The topological polar surface area (TPSA) is 103 Å². The van der Waals surface area contributed by atoms with Gasteiger partial charge in [-0.2, -0.15) is 4.31 Å². The van der Waals surface area contributed by atoms with Crippen LogP contribution in [-0.2, 0) is 21.2 Å². The highest BCUT2D eigenvalue weighted by Gasteiger charge is 2.29. The summed E-state index contributed by atoms with van der Waals surface area (Å²) in [6.45, 7) is 3.21. The molecule has 1 saturated heterocycles. The molecule has 0 radical (unpaired) electrons. The molecule has 0 bridgehead atoms. The summed E-state index contributed by atoms with van der Waals surface area (Å²) < 4.78 is 26.7. The summed E-state index contributed by atoms with van der Waals surface area (Å²) in [5.41, 5.74) is 0.490. The molecule has 0 aliphatic carbocycles. The minimum absolute atomic E-state index is 0.102. The van der Waals surface area contributed by atoms with Gasteiger partial charge in [0.05, 0.1) is 10.6 Å². The second-order valence-corrected chi connectivity index (χ2v) is 9.58. The van der Waals surface area contributed by atoms with Crippen LogP contribution in [0.15, 0.2) is 51.2 Å². The predicted octanol–water partition coefficient (Wildman–Crippen LogP) is 1.35. The lowest BCUT2D eigenvalue weighted by Crippen LogP contribution is -2.50.